The molecule has 24 heteroatoms. The number of furan rings is 3. The zero-order valence-corrected chi connectivity index (χ0v) is 73.8. The van der Waals surface area contributed by atoms with Crippen LogP contribution in [-0.2, 0) is 60.2 Å². The van der Waals surface area contributed by atoms with Gasteiger partial charge in [-0.1, -0.05) is 148 Å². The molecule has 12 aliphatic carbocycles. The van der Waals surface area contributed by atoms with E-state index in [1.54, 1.807) is 54.9 Å². The van der Waals surface area contributed by atoms with E-state index in [9.17, 15) is 58.5 Å². The van der Waals surface area contributed by atoms with Crippen molar-refractivity contribution in [1.29, 1.82) is 0 Å². The lowest BCUT2D eigenvalue weighted by Crippen LogP contribution is -2.62. The molecule has 0 aliphatic heterocycles. The third-order valence-corrected chi connectivity index (χ3v) is 35.9. The highest BCUT2D eigenvalue weighted by molar-refractivity contribution is 8.13. The van der Waals surface area contributed by atoms with Gasteiger partial charge < -0.3 is 42.8 Å². The number of aliphatic hydroxyl groups excluding tert-OH is 3. The van der Waals surface area contributed by atoms with Crippen molar-refractivity contribution in [2.45, 2.75) is 216 Å². The average molecular weight is 1750 g/mol. The van der Waals surface area contributed by atoms with Crippen LogP contribution >= 0.6 is 35.3 Å². The number of nitrogens with zero attached hydrogens (tertiary/aromatic N) is 3. The topological polar surface area (TPSA) is 320 Å². The van der Waals surface area contributed by atoms with Crippen molar-refractivity contribution in [1.82, 2.24) is 15.0 Å². The van der Waals surface area contributed by atoms with E-state index in [2.05, 4.69) is 37.7 Å². The number of thioether (sulfide) groups is 3. The number of fused-ring (bicyclic) bond motifs is 17. The molecule has 20 rings (SSSR count). The summed E-state index contributed by atoms with van der Waals surface area (Å²) in [6, 6.07) is 36.8. The highest BCUT2D eigenvalue weighted by Gasteiger charge is 2.75. The number of para-hydroxylation sites is 1. The van der Waals surface area contributed by atoms with E-state index in [1.165, 1.54) is 36.6 Å². The summed E-state index contributed by atoms with van der Waals surface area (Å²) in [6.07, 6.45) is 26.4. The predicted octanol–water partition coefficient (Wildman–Crippen LogP) is 18.7. The first-order valence-corrected chi connectivity index (χ1v) is 47.3. The van der Waals surface area contributed by atoms with Crippen LogP contribution in [0.2, 0.25) is 0 Å². The fraction of sp³-hybridized carbons (Fsp3) is 0.485. The van der Waals surface area contributed by atoms with Crippen LogP contribution in [0.1, 0.15) is 212 Å². The second kappa shape index (κ2) is 33.3. The summed E-state index contributed by atoms with van der Waals surface area (Å²) in [5.41, 5.74) is 0.218. The number of allylic oxidation sites excluding steroid dienone is 6. The largest absolute Gasteiger partial charge is 0.457 e. The van der Waals surface area contributed by atoms with Crippen molar-refractivity contribution >= 4 is 108 Å². The average Bonchev–Trinajstić information content (AvgIpc) is 1.58. The van der Waals surface area contributed by atoms with E-state index < -0.39 is 74.7 Å². The summed E-state index contributed by atoms with van der Waals surface area (Å²) in [7, 11) is 0. The maximum absolute atomic E-state index is 14.5. The molecule has 15 unspecified atom stereocenters. The van der Waals surface area contributed by atoms with Gasteiger partial charge in [0, 0.05) is 80.8 Å². The molecule has 6 aromatic heterocycles. The zero-order valence-electron chi connectivity index (χ0n) is 71.3. The number of pyridine rings is 3. The zero-order chi connectivity index (χ0) is 87.4. The minimum Gasteiger partial charge on any atom is -0.457 e. The number of benzene rings is 2. The van der Waals surface area contributed by atoms with Gasteiger partial charge in [0.2, 0.25) is 32.6 Å². The summed E-state index contributed by atoms with van der Waals surface area (Å²) < 4.78 is 35.0. The summed E-state index contributed by atoms with van der Waals surface area (Å²) in [6.45, 7) is 12.7. The van der Waals surface area contributed by atoms with E-state index in [0.717, 1.165) is 143 Å². The van der Waals surface area contributed by atoms with Crippen LogP contribution in [-0.4, -0.2) is 116 Å². The molecule has 3 N–H and O–H groups in total. The van der Waals surface area contributed by atoms with Gasteiger partial charge in [-0.2, -0.15) is 0 Å². The Morgan fingerprint density at radius 2 is 0.872 bits per heavy atom. The van der Waals surface area contributed by atoms with Crippen molar-refractivity contribution in [3.8, 4) is 0 Å². The van der Waals surface area contributed by atoms with Crippen LogP contribution < -0.4 is 0 Å². The van der Waals surface area contributed by atoms with Crippen LogP contribution in [0.5, 0.6) is 0 Å². The Labute approximate surface area is 739 Å². The van der Waals surface area contributed by atoms with Gasteiger partial charge in [0.05, 0.1) is 59.5 Å². The fourth-order valence-electron chi connectivity index (χ4n) is 26.8. The number of esters is 3. The van der Waals surface area contributed by atoms with E-state index in [0.29, 0.717) is 75.0 Å². The maximum atomic E-state index is 14.5. The minimum absolute atomic E-state index is 0.000180. The van der Waals surface area contributed by atoms with E-state index >= 15 is 0 Å². The van der Waals surface area contributed by atoms with Crippen molar-refractivity contribution in [2.24, 2.45) is 85.8 Å². The van der Waals surface area contributed by atoms with Gasteiger partial charge >= 0.3 is 17.9 Å². The molecule has 12 aliphatic rings. The lowest BCUT2D eigenvalue weighted by molar-refractivity contribution is -0.176. The van der Waals surface area contributed by atoms with Crippen molar-refractivity contribution in [3.05, 3.63) is 234 Å². The van der Waals surface area contributed by atoms with Gasteiger partial charge in [0.25, 0.3) is 0 Å². The number of rotatable bonds is 15. The Hall–Kier alpha value is -9.43. The number of carbonyl (C=O) groups is 9. The molecule has 21 nitrogen and oxygen atoms in total. The van der Waals surface area contributed by atoms with Crippen LogP contribution in [0.4, 0.5) is 0 Å². The second-order valence-electron chi connectivity index (χ2n) is 38.6. The molecule has 9 saturated carbocycles. The van der Waals surface area contributed by atoms with Crippen molar-refractivity contribution in [3.63, 3.8) is 0 Å². The number of aromatic nitrogens is 3. The molecule has 9 fully saturated rings. The highest BCUT2D eigenvalue weighted by atomic mass is 32.2. The minimum atomic E-state index is -1.42. The van der Waals surface area contributed by atoms with Gasteiger partial charge in [-0.25, -0.2) is 14.4 Å². The van der Waals surface area contributed by atoms with Crippen LogP contribution in [0.3, 0.4) is 0 Å². The Morgan fingerprint density at radius 1 is 0.432 bits per heavy atom. The standard InChI is InChI=1S/2C35H37NO6S.C31H33NO6S/c1-33-13-11-24(37)18-23(33)9-10-25-26-12-14-35(34(26,2)19-28(38)30(25)33,42-31(39)29-6-4-16-41-29)32(40)43-20-21-7-8-22-5-3-15-36-27(22)17-21;1-33-15-13-24(37)18-22(33)10-12-25-26-14-16-35(34(26,2)19-28(38)30(25)33,42-31(39)29-8-5-17-41-29)32(40)43-20-23-11-9-21-6-3-4-7-27(21)36-23;1-29-12-10-21(33)16-19(29)8-9-22-23-11-13-31(30(23,2)17-24(34)26(22)29,38-27(35)25-7-5-15-37-25)28(36)39-18-20-6-3-4-14-32-20/h3-8,15-18,25-26,28,30,38H,9-14,19-20H2,1-2H3;3-9,11,17-18,25-26,28,30,38H,10,12-16,19-20H2,1-2H3;3-7,10,12,14-16,22-24,26,34H,8-9,11,13,17-18H2,1-2H3/t2*25?,26?,28-,30?,33?,34?,35-;22?,23?,24-,26?,29?,30?,31-/m000/s1. The Bertz CT molecular complexity index is 5470. The fourth-order valence-corrected chi connectivity index (χ4v) is 30.0. The third kappa shape index (κ3) is 14.7. The van der Waals surface area contributed by atoms with E-state index in [1.807, 2.05) is 117 Å². The Kier molecular flexibility index (Phi) is 23.0. The molecule has 0 bridgehead atoms. The van der Waals surface area contributed by atoms with Crippen LogP contribution in [0, 0.1) is 85.8 Å². The summed E-state index contributed by atoms with van der Waals surface area (Å²) >= 11 is 3.43. The molecular formula is C101H107N3O18S3. The van der Waals surface area contributed by atoms with Crippen LogP contribution in [0.15, 0.2) is 213 Å². The molecule has 2 aromatic carbocycles. The first-order valence-electron chi connectivity index (χ1n) is 44.3. The normalized spacial score (nSPS) is 35.6. The molecular weight excluding hydrogens is 1640 g/mol. The highest BCUT2D eigenvalue weighted by Crippen LogP contribution is 2.73. The van der Waals surface area contributed by atoms with Gasteiger partial charge in [-0.3, -0.25) is 43.7 Å². The van der Waals surface area contributed by atoms with Gasteiger partial charge in [-0.05, 0) is 270 Å². The molecule has 0 amide bonds. The van der Waals surface area contributed by atoms with E-state index in [-0.39, 0.29) is 114 Å². The second-order valence-corrected chi connectivity index (χ2v) is 41.5. The molecule has 21 atom stereocenters. The summed E-state index contributed by atoms with van der Waals surface area (Å²) in [4.78, 5) is 134. The van der Waals surface area contributed by atoms with Gasteiger partial charge in [0.1, 0.15) is 0 Å². The smallest absolute Gasteiger partial charge is 0.375 e. The van der Waals surface area contributed by atoms with Crippen LogP contribution in [0.25, 0.3) is 21.8 Å². The van der Waals surface area contributed by atoms with Gasteiger partial charge in [-0.15, -0.1) is 0 Å². The Morgan fingerprint density at radius 3 is 1.37 bits per heavy atom. The molecule has 8 aromatic rings. The molecule has 652 valence electrons. The van der Waals surface area contributed by atoms with Crippen molar-refractivity contribution < 1.29 is 85.9 Å². The number of hydrogen-bond acceptors (Lipinski definition) is 24. The molecule has 125 heavy (non-hydrogen) atoms. The Balaban J connectivity index is 0.000000128. The SMILES string of the molecule is CC12C=CC(=O)C=C1CCC1C2[C@@H](O)CC2(C)C1CC[C@]2(OC(=O)c1ccco1)C(=O)SCc1ccccn1.CC12CCC(=O)C=C1CCC1C2[C@@H](O)CC2(C)C1CC[C@]2(OC(=O)c1ccco1)C(=O)SCc1ccc2ccccc2n1.CC12CCC(=O)C=C1CCC1C2[C@@H](O)CC2(C)C1CC[C@]2(OC(=O)c1ccco1)C(=O)SCc1ccc2cccnc2c1. The quantitative estimate of drug-likeness (QED) is 0.0634. The molecule has 0 spiro atoms. The predicted molar refractivity (Wildman–Crippen MR) is 471 cm³/mol. The first-order chi connectivity index (χ1) is 60.0. The monoisotopic (exact) mass is 1750 g/mol. The van der Waals surface area contributed by atoms with Gasteiger partial charge in [0.15, 0.2) is 34.2 Å². The molecule has 6 heterocycles. The summed E-state index contributed by atoms with van der Waals surface area (Å²) in [5.74, 6) is 0.286. The number of ether oxygens (including phenoxy) is 3. The lowest BCUT2D eigenvalue weighted by Gasteiger charge is -2.60. The molecule has 0 saturated heterocycles. The summed E-state index contributed by atoms with van der Waals surface area (Å²) in [5, 5.41) is 37.1. The number of aliphatic hydroxyl groups is 3. The maximum Gasteiger partial charge on any atom is 0.375 e. The lowest BCUT2D eigenvalue weighted by atomic mass is 9.45. The number of hydrogen-bond donors (Lipinski definition) is 3. The number of carbonyl (C=O) groups excluding carboxylic acids is 9. The first kappa shape index (κ1) is 86.3. The third-order valence-electron chi connectivity index (χ3n) is 32.7. The number of ketones is 3. The molecule has 0 radical (unpaired) electrons. The van der Waals surface area contributed by atoms with E-state index in [4.69, 9.17) is 32.4 Å². The van der Waals surface area contributed by atoms with Crippen molar-refractivity contribution in [2.75, 3.05) is 0 Å².